The molecule has 0 heterocycles. The molecule has 0 aliphatic rings. The topological polar surface area (TPSA) is 159 Å². The number of likely N-dealkylation sites (N-methyl/N-ethyl adjacent to an activating group) is 1. The predicted molar refractivity (Wildman–Crippen MR) is 110 cm³/mol. The number of amidine groups is 1. The van der Waals surface area contributed by atoms with Crippen LogP contribution in [0.25, 0.3) is 0 Å². The first-order chi connectivity index (χ1) is 14.4. The Balaban J connectivity index is 5.64. The largest absolute Gasteiger partial charge is 0.466 e. The molecular formula is C19H33N3O9. The van der Waals surface area contributed by atoms with Crippen LogP contribution in [0, 0.1) is 0 Å². The summed E-state index contributed by atoms with van der Waals surface area (Å²) < 4.78 is 19.7. The van der Waals surface area contributed by atoms with Crippen molar-refractivity contribution in [2.24, 2.45) is 10.9 Å². The van der Waals surface area contributed by atoms with E-state index in [0.29, 0.717) is 6.42 Å². The molecule has 0 bridgehead atoms. The third-order valence-corrected chi connectivity index (χ3v) is 3.63. The van der Waals surface area contributed by atoms with E-state index < -0.39 is 41.5 Å². The number of nitrogens with zero attached hydrogens (tertiary/aromatic N) is 2. The molecule has 12 heteroatoms. The van der Waals surface area contributed by atoms with E-state index in [1.807, 2.05) is 0 Å². The minimum absolute atomic E-state index is 0.00104. The second-order valence-electron chi connectivity index (χ2n) is 7.34. The van der Waals surface area contributed by atoms with Gasteiger partial charge in [-0.05, 0) is 27.2 Å². The fourth-order valence-electron chi connectivity index (χ4n) is 1.84. The molecule has 0 aromatic carbocycles. The predicted octanol–water partition coefficient (Wildman–Crippen LogP) is 0.528. The summed E-state index contributed by atoms with van der Waals surface area (Å²) in [5, 5.41) is 13.3. The number of hydrogen-bond donors (Lipinski definition) is 2. The quantitative estimate of drug-likeness (QED) is 0.0869. The van der Waals surface area contributed by atoms with Crippen molar-refractivity contribution in [3.8, 4) is 0 Å². The highest BCUT2D eigenvalue weighted by molar-refractivity contribution is 5.95. The SMILES string of the molecule is CC[C@@H](O)COCC(/C(N)=N/O/C(=C/C(=O)OC)C(=O)OC)N(C)C(=O)OC(C)(C)C. The average molecular weight is 447 g/mol. The maximum atomic E-state index is 12.4. The first kappa shape index (κ1) is 28.1. The van der Waals surface area contributed by atoms with Gasteiger partial charge < -0.3 is 34.6 Å². The number of aliphatic hydroxyl groups excluding tert-OH is 1. The van der Waals surface area contributed by atoms with E-state index in [-0.39, 0.29) is 19.0 Å². The molecule has 0 saturated carbocycles. The van der Waals surface area contributed by atoms with Crippen molar-refractivity contribution in [2.45, 2.75) is 51.9 Å². The number of carbonyl (C=O) groups is 3. The molecule has 0 saturated heterocycles. The Morgan fingerprint density at radius 3 is 2.26 bits per heavy atom. The summed E-state index contributed by atoms with van der Waals surface area (Å²) in [7, 11) is 3.60. The van der Waals surface area contributed by atoms with Crippen LogP contribution < -0.4 is 5.73 Å². The summed E-state index contributed by atoms with van der Waals surface area (Å²) in [6.45, 7) is 6.72. The number of carbonyl (C=O) groups excluding carboxylic acids is 3. The van der Waals surface area contributed by atoms with Crippen molar-refractivity contribution in [1.82, 2.24) is 4.90 Å². The summed E-state index contributed by atoms with van der Waals surface area (Å²) >= 11 is 0. The van der Waals surface area contributed by atoms with Crippen molar-refractivity contribution >= 4 is 23.9 Å². The monoisotopic (exact) mass is 447 g/mol. The number of oxime groups is 1. The molecule has 0 aromatic rings. The third-order valence-electron chi connectivity index (χ3n) is 3.63. The number of rotatable bonds is 11. The van der Waals surface area contributed by atoms with Crippen LogP contribution >= 0.6 is 0 Å². The van der Waals surface area contributed by atoms with Gasteiger partial charge in [-0.15, -0.1) is 0 Å². The standard InChI is InChI=1S/C19H33N3O9/c1-8-12(23)10-29-11-13(22(5)18(26)30-19(2,3)4)16(20)21-31-14(17(25)28-7)9-15(24)27-6/h9,12-13,23H,8,10-11H2,1-7H3,(H2,20,21)/b14-9+/t12-,13?/m1/s1. The Labute approximate surface area is 181 Å². The number of amides is 1. The van der Waals surface area contributed by atoms with E-state index >= 15 is 0 Å². The molecule has 0 rings (SSSR count). The van der Waals surface area contributed by atoms with Gasteiger partial charge in [0.05, 0.1) is 39.6 Å². The Bertz CT molecular complexity index is 671. The van der Waals surface area contributed by atoms with Crippen molar-refractivity contribution < 1.29 is 43.3 Å². The maximum absolute atomic E-state index is 12.4. The van der Waals surface area contributed by atoms with Crippen molar-refractivity contribution in [3.05, 3.63) is 11.8 Å². The minimum Gasteiger partial charge on any atom is -0.466 e. The molecular weight excluding hydrogens is 414 g/mol. The normalized spacial score (nSPS) is 14.3. The van der Waals surface area contributed by atoms with Gasteiger partial charge in [0.25, 0.3) is 0 Å². The van der Waals surface area contributed by atoms with Crippen LogP contribution in [0.4, 0.5) is 4.79 Å². The van der Waals surface area contributed by atoms with Gasteiger partial charge in [0.2, 0.25) is 5.76 Å². The van der Waals surface area contributed by atoms with Crippen molar-refractivity contribution in [1.29, 1.82) is 0 Å². The average Bonchev–Trinajstić information content (AvgIpc) is 2.70. The zero-order valence-electron chi connectivity index (χ0n) is 19.0. The van der Waals surface area contributed by atoms with Gasteiger partial charge in [-0.1, -0.05) is 12.1 Å². The fraction of sp³-hybridized carbons (Fsp3) is 0.684. The van der Waals surface area contributed by atoms with Gasteiger partial charge >= 0.3 is 18.0 Å². The van der Waals surface area contributed by atoms with Crippen LogP contribution in [0.15, 0.2) is 17.0 Å². The smallest absolute Gasteiger partial charge is 0.410 e. The van der Waals surface area contributed by atoms with E-state index in [0.717, 1.165) is 25.2 Å². The summed E-state index contributed by atoms with van der Waals surface area (Å²) in [5.41, 5.74) is 5.20. The van der Waals surface area contributed by atoms with Crippen LogP contribution in [0.1, 0.15) is 34.1 Å². The number of nitrogens with two attached hydrogens (primary N) is 1. The lowest BCUT2D eigenvalue weighted by molar-refractivity contribution is -0.142. The Hall–Kier alpha value is -2.86. The second kappa shape index (κ2) is 13.4. The van der Waals surface area contributed by atoms with E-state index in [4.69, 9.17) is 20.0 Å². The van der Waals surface area contributed by atoms with Crippen LogP contribution in [0.2, 0.25) is 0 Å². The van der Waals surface area contributed by atoms with Crippen LogP contribution in [-0.4, -0.2) is 86.1 Å². The number of ether oxygens (including phenoxy) is 4. The minimum atomic E-state index is -0.999. The fourth-order valence-corrected chi connectivity index (χ4v) is 1.84. The highest BCUT2D eigenvalue weighted by atomic mass is 16.7. The zero-order chi connectivity index (χ0) is 24.2. The van der Waals surface area contributed by atoms with Crippen molar-refractivity contribution in [3.63, 3.8) is 0 Å². The molecule has 1 amide bonds. The van der Waals surface area contributed by atoms with E-state index in [1.165, 1.54) is 7.05 Å². The lowest BCUT2D eigenvalue weighted by Gasteiger charge is -2.30. The van der Waals surface area contributed by atoms with E-state index in [2.05, 4.69) is 14.6 Å². The van der Waals surface area contributed by atoms with Gasteiger partial charge in [0.1, 0.15) is 11.6 Å². The maximum Gasteiger partial charge on any atom is 0.410 e. The molecule has 31 heavy (non-hydrogen) atoms. The molecule has 2 atom stereocenters. The molecule has 3 N–H and O–H groups in total. The van der Waals surface area contributed by atoms with E-state index in [1.54, 1.807) is 27.7 Å². The first-order valence-corrected chi connectivity index (χ1v) is 9.46. The molecule has 1 unspecified atom stereocenters. The molecule has 0 aliphatic heterocycles. The Morgan fingerprint density at radius 1 is 1.16 bits per heavy atom. The second-order valence-corrected chi connectivity index (χ2v) is 7.34. The van der Waals surface area contributed by atoms with Gasteiger partial charge in [0.15, 0.2) is 5.84 Å². The molecule has 0 aliphatic carbocycles. The molecule has 0 aromatic heterocycles. The molecule has 0 radical (unpaired) electrons. The number of methoxy groups -OCH3 is 2. The van der Waals surface area contributed by atoms with Crippen LogP contribution in [0.5, 0.6) is 0 Å². The van der Waals surface area contributed by atoms with Crippen molar-refractivity contribution in [2.75, 3.05) is 34.5 Å². The van der Waals surface area contributed by atoms with Gasteiger partial charge in [0, 0.05) is 7.05 Å². The lowest BCUT2D eigenvalue weighted by Crippen LogP contribution is -2.50. The van der Waals surface area contributed by atoms with Crippen LogP contribution in [-0.2, 0) is 33.4 Å². The summed E-state index contributed by atoms with van der Waals surface area (Å²) in [4.78, 5) is 41.7. The first-order valence-electron chi connectivity index (χ1n) is 9.46. The summed E-state index contributed by atoms with van der Waals surface area (Å²) in [6, 6.07) is -0.976. The Kier molecular flexibility index (Phi) is 12.2. The summed E-state index contributed by atoms with van der Waals surface area (Å²) in [5.74, 6) is -2.73. The van der Waals surface area contributed by atoms with Crippen LogP contribution in [0.3, 0.4) is 0 Å². The highest BCUT2D eigenvalue weighted by Crippen LogP contribution is 2.12. The number of esters is 2. The summed E-state index contributed by atoms with van der Waals surface area (Å²) in [6.07, 6.45) is -0.215. The number of aliphatic hydroxyl groups is 1. The van der Waals surface area contributed by atoms with Gasteiger partial charge in [-0.25, -0.2) is 14.4 Å². The lowest BCUT2D eigenvalue weighted by atomic mass is 10.2. The highest BCUT2D eigenvalue weighted by Gasteiger charge is 2.29. The number of hydrogen-bond acceptors (Lipinski definition) is 10. The van der Waals surface area contributed by atoms with Gasteiger partial charge in [-0.2, -0.15) is 0 Å². The molecule has 12 nitrogen and oxygen atoms in total. The third kappa shape index (κ3) is 11.2. The molecule has 178 valence electrons. The molecule has 0 fully saturated rings. The Morgan fingerprint density at radius 2 is 1.77 bits per heavy atom. The zero-order valence-corrected chi connectivity index (χ0v) is 19.0. The van der Waals surface area contributed by atoms with Gasteiger partial charge in [-0.3, -0.25) is 4.90 Å². The van der Waals surface area contributed by atoms with E-state index in [9.17, 15) is 19.5 Å². The molecule has 0 spiro atoms.